The van der Waals surface area contributed by atoms with E-state index in [0.717, 1.165) is 12.8 Å². The zero-order valence-corrected chi connectivity index (χ0v) is 11.9. The highest BCUT2D eigenvalue weighted by molar-refractivity contribution is 5.89. The summed E-state index contributed by atoms with van der Waals surface area (Å²) in [6, 6.07) is 3.21. The Morgan fingerprint density at radius 1 is 1.43 bits per heavy atom. The molecule has 1 aliphatic rings. The van der Waals surface area contributed by atoms with Gasteiger partial charge in [0.05, 0.1) is 19.0 Å². The molecule has 1 saturated heterocycles. The Morgan fingerprint density at radius 3 is 2.67 bits per heavy atom. The number of carbonyl (C=O) groups is 2. The molecule has 1 aromatic heterocycles. The van der Waals surface area contributed by atoms with Crippen molar-refractivity contribution < 1.29 is 19.4 Å². The second-order valence-electron chi connectivity index (χ2n) is 5.05. The molecule has 2 amide bonds. The van der Waals surface area contributed by atoms with Gasteiger partial charge in [-0.05, 0) is 24.8 Å². The molecule has 1 aromatic rings. The van der Waals surface area contributed by atoms with Crippen LogP contribution in [-0.4, -0.2) is 47.2 Å². The number of anilines is 1. The fraction of sp³-hybridized carbons (Fsp3) is 0.500. The highest BCUT2D eigenvalue weighted by atomic mass is 16.5. The van der Waals surface area contributed by atoms with Crippen LogP contribution in [0.5, 0.6) is 5.88 Å². The van der Waals surface area contributed by atoms with Gasteiger partial charge in [-0.2, -0.15) is 0 Å². The third-order valence-corrected chi connectivity index (χ3v) is 3.56. The zero-order valence-electron chi connectivity index (χ0n) is 11.9. The average molecular weight is 293 g/mol. The lowest BCUT2D eigenvalue weighted by atomic mass is 9.94. The van der Waals surface area contributed by atoms with Gasteiger partial charge in [-0.3, -0.25) is 4.79 Å². The Labute approximate surface area is 122 Å². The Morgan fingerprint density at radius 2 is 2.14 bits per heavy atom. The summed E-state index contributed by atoms with van der Waals surface area (Å²) in [5, 5.41) is 11.5. The summed E-state index contributed by atoms with van der Waals surface area (Å²) in [5.74, 6) is -0.126. The fourth-order valence-electron chi connectivity index (χ4n) is 2.36. The molecule has 0 radical (unpaired) electrons. The van der Waals surface area contributed by atoms with Crippen molar-refractivity contribution >= 4 is 17.7 Å². The molecule has 0 aliphatic carbocycles. The summed E-state index contributed by atoms with van der Waals surface area (Å²) in [4.78, 5) is 28.5. The Hall–Kier alpha value is -2.31. The predicted molar refractivity (Wildman–Crippen MR) is 76.4 cm³/mol. The van der Waals surface area contributed by atoms with Crippen LogP contribution in [0.2, 0.25) is 0 Å². The lowest BCUT2D eigenvalue weighted by Crippen LogP contribution is -2.41. The first-order valence-corrected chi connectivity index (χ1v) is 6.86. The molecule has 2 heterocycles. The molecular formula is C14H19N3O4. The number of urea groups is 1. The zero-order chi connectivity index (χ0) is 15.2. The van der Waals surface area contributed by atoms with E-state index >= 15 is 0 Å². The van der Waals surface area contributed by atoms with Gasteiger partial charge >= 0.3 is 12.0 Å². The smallest absolute Gasteiger partial charge is 0.321 e. The van der Waals surface area contributed by atoms with Crippen LogP contribution in [0.3, 0.4) is 0 Å². The molecule has 0 aromatic carbocycles. The number of likely N-dealkylation sites (tertiary alicyclic amines) is 1. The lowest BCUT2D eigenvalue weighted by Gasteiger charge is -2.31. The molecule has 0 saturated carbocycles. The van der Waals surface area contributed by atoms with Gasteiger partial charge in [-0.25, -0.2) is 9.78 Å². The van der Waals surface area contributed by atoms with E-state index in [4.69, 9.17) is 9.84 Å². The molecule has 2 N–H and O–H groups in total. The number of aromatic nitrogens is 1. The Balaban J connectivity index is 1.82. The second-order valence-corrected chi connectivity index (χ2v) is 5.05. The molecule has 7 nitrogen and oxygen atoms in total. The van der Waals surface area contributed by atoms with Crippen molar-refractivity contribution in [3.63, 3.8) is 0 Å². The number of hydrogen-bond donors (Lipinski definition) is 2. The second kappa shape index (κ2) is 6.92. The highest BCUT2D eigenvalue weighted by Crippen LogP contribution is 2.21. The fourth-order valence-corrected chi connectivity index (χ4v) is 2.36. The highest BCUT2D eigenvalue weighted by Gasteiger charge is 2.24. The van der Waals surface area contributed by atoms with Crippen LogP contribution in [0.25, 0.3) is 0 Å². The SMILES string of the molecule is COc1ccc(NC(=O)N2CCC(CC(=O)O)CC2)cn1. The van der Waals surface area contributed by atoms with Crippen molar-refractivity contribution in [2.24, 2.45) is 5.92 Å². The van der Waals surface area contributed by atoms with Gasteiger partial charge in [-0.1, -0.05) is 0 Å². The minimum absolute atomic E-state index is 0.161. The van der Waals surface area contributed by atoms with E-state index in [9.17, 15) is 9.59 Å². The summed E-state index contributed by atoms with van der Waals surface area (Å²) in [6.07, 6.45) is 3.16. The summed E-state index contributed by atoms with van der Waals surface area (Å²) < 4.78 is 4.95. The van der Waals surface area contributed by atoms with Crippen LogP contribution >= 0.6 is 0 Å². The number of carboxylic acid groups (broad SMARTS) is 1. The minimum Gasteiger partial charge on any atom is -0.481 e. The molecule has 0 spiro atoms. The van der Waals surface area contributed by atoms with Gasteiger partial charge in [0.2, 0.25) is 5.88 Å². The van der Waals surface area contributed by atoms with Gasteiger partial charge in [-0.15, -0.1) is 0 Å². The van der Waals surface area contributed by atoms with Gasteiger partial charge in [0.1, 0.15) is 0 Å². The summed E-state index contributed by atoms with van der Waals surface area (Å²) in [6.45, 7) is 1.15. The van der Waals surface area contributed by atoms with Gasteiger partial charge in [0, 0.05) is 25.6 Å². The first-order chi connectivity index (χ1) is 10.1. The molecule has 1 aliphatic heterocycles. The van der Waals surface area contributed by atoms with Crippen molar-refractivity contribution in [1.29, 1.82) is 0 Å². The lowest BCUT2D eigenvalue weighted by molar-refractivity contribution is -0.138. The first kappa shape index (κ1) is 15.1. The molecule has 0 bridgehead atoms. The van der Waals surface area contributed by atoms with Gasteiger partial charge in [0.15, 0.2) is 0 Å². The van der Waals surface area contributed by atoms with Crippen LogP contribution in [0, 0.1) is 5.92 Å². The molecule has 7 heteroatoms. The molecule has 21 heavy (non-hydrogen) atoms. The van der Waals surface area contributed by atoms with Crippen LogP contribution < -0.4 is 10.1 Å². The van der Waals surface area contributed by atoms with Crippen molar-refractivity contribution in [1.82, 2.24) is 9.88 Å². The van der Waals surface area contributed by atoms with Gasteiger partial charge < -0.3 is 20.1 Å². The summed E-state index contributed by atoms with van der Waals surface area (Å²) >= 11 is 0. The van der Waals surface area contributed by atoms with E-state index in [1.165, 1.54) is 13.3 Å². The maximum Gasteiger partial charge on any atom is 0.321 e. The third-order valence-electron chi connectivity index (χ3n) is 3.56. The largest absolute Gasteiger partial charge is 0.481 e. The third kappa shape index (κ3) is 4.34. The number of ether oxygens (including phenoxy) is 1. The predicted octanol–water partition coefficient (Wildman–Crippen LogP) is 1.81. The number of carbonyl (C=O) groups excluding carboxylic acids is 1. The van der Waals surface area contributed by atoms with E-state index in [-0.39, 0.29) is 18.4 Å². The van der Waals surface area contributed by atoms with Crippen LogP contribution in [0.4, 0.5) is 10.5 Å². The number of methoxy groups -OCH3 is 1. The summed E-state index contributed by atoms with van der Waals surface area (Å²) in [7, 11) is 1.53. The maximum atomic E-state index is 12.1. The number of rotatable bonds is 4. The van der Waals surface area contributed by atoms with E-state index in [2.05, 4.69) is 10.3 Å². The number of nitrogens with one attached hydrogen (secondary N) is 1. The number of piperidine rings is 1. The average Bonchev–Trinajstić information content (AvgIpc) is 2.48. The number of nitrogens with zero attached hydrogens (tertiary/aromatic N) is 2. The van der Waals surface area contributed by atoms with Crippen molar-refractivity contribution in [2.75, 3.05) is 25.5 Å². The van der Waals surface area contributed by atoms with E-state index < -0.39 is 5.97 Å². The quantitative estimate of drug-likeness (QED) is 0.883. The van der Waals surface area contributed by atoms with Crippen LogP contribution in [-0.2, 0) is 4.79 Å². The number of aliphatic carboxylic acids is 1. The van der Waals surface area contributed by atoms with E-state index in [1.54, 1.807) is 17.0 Å². The van der Waals surface area contributed by atoms with Crippen LogP contribution in [0.15, 0.2) is 18.3 Å². The maximum absolute atomic E-state index is 12.1. The first-order valence-electron chi connectivity index (χ1n) is 6.86. The monoisotopic (exact) mass is 293 g/mol. The summed E-state index contributed by atoms with van der Waals surface area (Å²) in [5.41, 5.74) is 0.605. The number of carboxylic acids is 1. The molecular weight excluding hydrogens is 274 g/mol. The van der Waals surface area contributed by atoms with Crippen molar-refractivity contribution in [3.8, 4) is 5.88 Å². The Kier molecular flexibility index (Phi) is 4.97. The van der Waals surface area contributed by atoms with Crippen molar-refractivity contribution in [3.05, 3.63) is 18.3 Å². The number of amides is 2. The standard InChI is InChI=1S/C14H19N3O4/c1-21-12-3-2-11(9-15-12)16-14(20)17-6-4-10(5-7-17)8-13(18)19/h2-3,9-10H,4-8H2,1H3,(H,16,20)(H,18,19). The van der Waals surface area contributed by atoms with Gasteiger partial charge in [0.25, 0.3) is 0 Å². The number of hydrogen-bond acceptors (Lipinski definition) is 4. The molecule has 0 unspecified atom stereocenters. The normalized spacial score (nSPS) is 15.6. The van der Waals surface area contributed by atoms with E-state index in [1.807, 2.05) is 0 Å². The number of pyridine rings is 1. The van der Waals surface area contributed by atoms with E-state index in [0.29, 0.717) is 24.7 Å². The minimum atomic E-state index is -0.776. The molecule has 114 valence electrons. The Bertz CT molecular complexity index is 495. The van der Waals surface area contributed by atoms with Crippen molar-refractivity contribution in [2.45, 2.75) is 19.3 Å². The molecule has 2 rings (SSSR count). The molecule has 0 atom stereocenters. The molecule has 1 fully saturated rings. The topological polar surface area (TPSA) is 91.8 Å². The van der Waals surface area contributed by atoms with Crippen LogP contribution in [0.1, 0.15) is 19.3 Å².